The number of benzene rings is 4. The average molecular weight is 1160 g/mol. The molecule has 378 valence electrons. The van der Waals surface area contributed by atoms with E-state index >= 15 is 0 Å². The quantitative estimate of drug-likeness (QED) is 0.0178. The van der Waals surface area contributed by atoms with E-state index in [2.05, 4.69) is 57.2 Å². The van der Waals surface area contributed by atoms with Gasteiger partial charge in [0.2, 0.25) is 25.2 Å². The normalized spacial score (nSPS) is 11.4. The van der Waals surface area contributed by atoms with Gasteiger partial charge in [-0.3, -0.25) is 23.7 Å². The fourth-order valence-electron chi connectivity index (χ4n) is 5.79. The van der Waals surface area contributed by atoms with Crippen molar-refractivity contribution in [3.8, 4) is 0 Å². The van der Waals surface area contributed by atoms with Crippen molar-refractivity contribution >= 4 is 142 Å². The first-order chi connectivity index (χ1) is 34.1. The van der Waals surface area contributed by atoms with Crippen molar-refractivity contribution < 1.29 is 39.3 Å². The Labute approximate surface area is 436 Å². The van der Waals surface area contributed by atoms with Crippen LogP contribution in [-0.4, -0.2) is 107 Å². The highest BCUT2D eigenvalue weighted by atomic mass is 127. The summed E-state index contributed by atoms with van der Waals surface area (Å²) in [6.07, 6.45) is 2.50. The number of anilines is 10. The van der Waals surface area contributed by atoms with Crippen molar-refractivity contribution in [2.75, 3.05) is 90.2 Å². The van der Waals surface area contributed by atoms with E-state index < -0.39 is 20.5 Å². The number of nitrogens with zero attached hydrogens (tertiary/aromatic N) is 4. The largest absolute Gasteiger partial charge is 0.481 e. The Morgan fingerprint density at radius 2 is 1.15 bits per heavy atom. The summed E-state index contributed by atoms with van der Waals surface area (Å²) < 4.78 is 33.8. The third-order valence-corrected chi connectivity index (χ3v) is 11.9. The average Bonchev–Trinajstić information content (AvgIpc) is 3.31. The minimum atomic E-state index is -2.85. The Morgan fingerprint density at radius 1 is 0.704 bits per heavy atom. The lowest BCUT2D eigenvalue weighted by Gasteiger charge is -2.13. The molecular formula is C46H55Cl2IN12O8P2. The first-order valence-electron chi connectivity index (χ1n) is 21.6. The number of aromatic nitrogens is 4. The Kier molecular flexibility index (Phi) is 23.5. The zero-order valence-corrected chi connectivity index (χ0v) is 44.9. The second-order valence-electron chi connectivity index (χ2n) is 15.0. The number of amides is 3. The number of nitrogens with two attached hydrogens (primary N) is 1. The van der Waals surface area contributed by atoms with E-state index in [9.17, 15) is 28.3 Å². The summed E-state index contributed by atoms with van der Waals surface area (Å²) in [5, 5.41) is 29.0. The van der Waals surface area contributed by atoms with Crippen LogP contribution in [0.25, 0.3) is 0 Å². The lowest BCUT2D eigenvalue weighted by atomic mass is 10.1. The molecule has 0 aliphatic carbocycles. The summed E-state index contributed by atoms with van der Waals surface area (Å²) in [7, 11) is -2.19. The molecule has 4 aromatic carbocycles. The maximum Gasteiger partial charge on any atom is 0.313 e. The van der Waals surface area contributed by atoms with E-state index in [-0.39, 0.29) is 41.0 Å². The highest BCUT2D eigenvalue weighted by Gasteiger charge is 2.19. The monoisotopic (exact) mass is 1160 g/mol. The third-order valence-electron chi connectivity index (χ3n) is 8.69. The molecule has 2 aromatic heterocycles. The van der Waals surface area contributed by atoms with E-state index in [1.54, 1.807) is 113 Å². The number of alkyl halides is 1. The zero-order valence-electron chi connectivity index (χ0n) is 40.4. The van der Waals surface area contributed by atoms with Gasteiger partial charge in [-0.15, -0.1) is 0 Å². The number of para-hydroxylation sites is 2. The number of carbonyl (C=O) groups is 4. The molecule has 0 fully saturated rings. The predicted octanol–water partition coefficient (Wildman–Crippen LogP) is 10.2. The molecule has 6 aromatic rings. The predicted molar refractivity (Wildman–Crippen MR) is 295 cm³/mol. The SMILES string of the molecule is CCOP(C)(=O)CC(=O)O.CNC(=O)c1ccccc1Nc1nc(Nc2cccc(N)c2)ncc1Cl.CNC(=O)c1ccccc1Nc1nc(Nc2cccc(NC(=O)CP(C)(C)=O)c2)ncc1Cl.[2H]CI. The molecule has 0 saturated carbocycles. The maximum absolute atomic E-state index is 12.1. The van der Waals surface area contributed by atoms with E-state index in [1.807, 2.05) is 40.8 Å². The molecule has 0 aliphatic rings. The highest BCUT2D eigenvalue weighted by molar-refractivity contribution is 14.1. The molecule has 0 spiro atoms. The summed E-state index contributed by atoms with van der Waals surface area (Å²) in [5.41, 5.74) is 10.4. The first-order valence-corrected chi connectivity index (χ1v) is 28.3. The maximum atomic E-state index is 12.1. The Balaban J connectivity index is 0.000000311. The molecule has 3 amide bonds. The van der Waals surface area contributed by atoms with Crippen LogP contribution in [0.4, 0.5) is 57.7 Å². The number of hydrogen-bond acceptors (Lipinski definition) is 16. The first kappa shape index (κ1) is 57.2. The number of carbonyl (C=O) groups excluding carboxylic acids is 3. The van der Waals surface area contributed by atoms with Crippen LogP contribution >= 0.6 is 60.3 Å². The summed E-state index contributed by atoms with van der Waals surface area (Å²) in [5.74, 6) is -0.557. The lowest BCUT2D eigenvalue weighted by molar-refractivity contribution is -0.134. The van der Waals surface area contributed by atoms with Crippen molar-refractivity contribution in [3.63, 3.8) is 0 Å². The molecule has 6 rings (SSSR count). The van der Waals surface area contributed by atoms with Gasteiger partial charge in [-0.2, -0.15) is 9.97 Å². The minimum Gasteiger partial charge on any atom is -0.481 e. The summed E-state index contributed by atoms with van der Waals surface area (Å²) in [6, 6.07) is 28.3. The van der Waals surface area contributed by atoms with Crippen LogP contribution in [0.1, 0.15) is 29.0 Å². The molecule has 0 radical (unpaired) electrons. The zero-order chi connectivity index (χ0) is 53.4. The topological polar surface area (TPSA) is 294 Å². The van der Waals surface area contributed by atoms with E-state index in [1.165, 1.54) is 19.1 Å². The van der Waals surface area contributed by atoms with Crippen molar-refractivity contribution in [2.24, 2.45) is 0 Å². The molecule has 0 bridgehead atoms. The van der Waals surface area contributed by atoms with Gasteiger partial charge >= 0.3 is 5.97 Å². The number of nitrogen functional groups attached to an aromatic ring is 1. The molecule has 20 nitrogen and oxygen atoms in total. The Hall–Kier alpha value is -6.35. The van der Waals surface area contributed by atoms with Crippen LogP contribution in [0.5, 0.6) is 0 Å². The molecule has 0 saturated heterocycles. The van der Waals surface area contributed by atoms with Crippen LogP contribution < -0.4 is 43.0 Å². The molecule has 10 N–H and O–H groups in total. The van der Waals surface area contributed by atoms with Gasteiger partial charge < -0.3 is 57.1 Å². The molecule has 0 aliphatic heterocycles. The number of carboxylic acids is 1. The van der Waals surface area contributed by atoms with E-state index in [0.717, 1.165) is 5.69 Å². The summed E-state index contributed by atoms with van der Waals surface area (Å²) in [4.78, 5) is 63.9. The second kappa shape index (κ2) is 29.1. The standard InChI is InChI=1S/C22H24ClN6O3P.C18H17ClN6O.C5H11O4P.CH3I/c1-24-21(31)16-9-4-5-10-18(16)28-20-17(23)12-25-22(29-20)27-15-8-6-7-14(11-15)26-19(30)13-33(2,3)32;1-21-17(26)13-7-2-3-8-15(13)24-16-14(19)10-22-18(25-16)23-12-6-4-5-11(20)9-12;1-3-9-10(2,8)4-5(6)7;1-2/h4-12H,13H2,1-3H3,(H,24,31)(H,26,30)(H2,25,27,28,29);2-10H,20H2,1H3,(H,21,26)(H2,22,23,24,25);3-4H2,1-2H3,(H,6,7);1H3/i;;;1D. The number of rotatable bonds is 17. The molecule has 1 atom stereocenters. The Bertz CT molecular complexity index is 2910. The lowest BCUT2D eigenvalue weighted by Crippen LogP contribution is -2.19. The minimum absolute atomic E-state index is 0.0302. The smallest absolute Gasteiger partial charge is 0.313 e. The molecular weight excluding hydrogens is 1110 g/mol. The summed E-state index contributed by atoms with van der Waals surface area (Å²) >= 11 is 14.4. The van der Waals surface area contributed by atoms with E-state index in [4.69, 9.17) is 39.9 Å². The number of aliphatic carboxylic acids is 1. The number of halogens is 3. The van der Waals surface area contributed by atoms with Crippen molar-refractivity contribution in [3.05, 3.63) is 131 Å². The van der Waals surface area contributed by atoms with E-state index in [0.29, 0.717) is 73.7 Å². The van der Waals surface area contributed by atoms with Crippen LogP contribution in [0, 0.1) is 0 Å². The number of hydrogen-bond donors (Lipinski definition) is 9. The Morgan fingerprint density at radius 3 is 1.59 bits per heavy atom. The van der Waals surface area contributed by atoms with Gasteiger partial charge in [-0.05, 0) is 85.8 Å². The van der Waals surface area contributed by atoms with Gasteiger partial charge in [0.1, 0.15) is 16.2 Å². The molecule has 71 heavy (non-hydrogen) atoms. The van der Waals surface area contributed by atoms with Gasteiger partial charge in [0.15, 0.2) is 11.6 Å². The summed E-state index contributed by atoms with van der Waals surface area (Å²) in [6.45, 7) is 6.44. The van der Waals surface area contributed by atoms with Crippen molar-refractivity contribution in [1.29, 1.82) is 0 Å². The highest BCUT2D eigenvalue weighted by Crippen LogP contribution is 2.41. The van der Waals surface area contributed by atoms with Crippen molar-refractivity contribution in [2.45, 2.75) is 6.92 Å². The van der Waals surface area contributed by atoms with Crippen molar-refractivity contribution in [1.82, 2.24) is 30.6 Å². The van der Waals surface area contributed by atoms with Crippen LogP contribution in [0.15, 0.2) is 109 Å². The van der Waals surface area contributed by atoms with Crippen LogP contribution in [0.3, 0.4) is 0 Å². The number of nitrogens with one attached hydrogen (secondary N) is 7. The second-order valence-corrected chi connectivity index (χ2v) is 21.9. The van der Waals surface area contributed by atoms with Gasteiger partial charge in [0.05, 0.1) is 54.8 Å². The van der Waals surface area contributed by atoms with Gasteiger partial charge in [0.25, 0.3) is 11.8 Å². The molecule has 25 heteroatoms. The fraction of sp³-hybridized carbons (Fsp3) is 0.217. The van der Waals surface area contributed by atoms with Crippen LogP contribution in [0.2, 0.25) is 10.0 Å². The van der Waals surface area contributed by atoms with Gasteiger partial charge in [-0.1, -0.05) is 82.2 Å². The van der Waals surface area contributed by atoms with Gasteiger partial charge in [0, 0.05) is 44.9 Å². The fourth-order valence-corrected chi connectivity index (χ4v) is 7.97. The molecule has 1 unspecified atom stereocenters. The van der Waals surface area contributed by atoms with Gasteiger partial charge in [-0.25, -0.2) is 9.97 Å². The third kappa shape index (κ3) is 20.9. The molecule has 2 heterocycles. The number of carboxylic acid groups (broad SMARTS) is 1. The van der Waals surface area contributed by atoms with Crippen LogP contribution in [-0.2, 0) is 23.2 Å².